The van der Waals surface area contributed by atoms with Crippen molar-refractivity contribution >= 4 is 5.91 Å². The monoisotopic (exact) mass is 295 g/mol. The van der Waals surface area contributed by atoms with Gasteiger partial charge in [0.2, 0.25) is 5.91 Å². The Bertz CT molecular complexity index is 435. The lowest BCUT2D eigenvalue weighted by Gasteiger charge is -2.24. The second-order valence-electron chi connectivity index (χ2n) is 5.72. The largest absolute Gasteiger partial charge is 0.395 e. The van der Waals surface area contributed by atoms with Crippen LogP contribution in [0.25, 0.3) is 0 Å². The molecule has 0 spiro atoms. The number of carbonyl (C=O) groups excluding carboxylic acids is 1. The summed E-state index contributed by atoms with van der Waals surface area (Å²) in [6.07, 6.45) is 4.50. The van der Waals surface area contributed by atoms with Crippen LogP contribution < -0.4 is 0 Å². The van der Waals surface area contributed by atoms with Crippen molar-refractivity contribution in [3.8, 4) is 0 Å². The average Bonchev–Trinajstić information content (AvgIpc) is 3.09. The number of aliphatic hydroxyl groups is 1. The van der Waals surface area contributed by atoms with Gasteiger partial charge in [0.1, 0.15) is 5.82 Å². The SMILES string of the molecule is CN(C)C1CCN(CC(=O)N(CCO)Cc2ncc[nH]2)C1. The number of hydrogen-bond acceptors (Lipinski definition) is 5. The zero-order valence-corrected chi connectivity index (χ0v) is 12.8. The fraction of sp³-hybridized carbons (Fsp3) is 0.714. The molecule has 1 aromatic heterocycles. The lowest BCUT2D eigenvalue weighted by molar-refractivity contribution is -0.133. The molecule has 0 saturated carbocycles. The topological polar surface area (TPSA) is 75.7 Å². The number of aromatic nitrogens is 2. The van der Waals surface area contributed by atoms with Crippen molar-refractivity contribution in [1.82, 2.24) is 24.7 Å². The normalized spacial score (nSPS) is 19.3. The fourth-order valence-electron chi connectivity index (χ4n) is 2.65. The molecule has 0 aromatic carbocycles. The number of aliphatic hydroxyl groups excluding tert-OH is 1. The summed E-state index contributed by atoms with van der Waals surface area (Å²) in [6, 6.07) is 0.522. The highest BCUT2D eigenvalue weighted by atomic mass is 16.3. The van der Waals surface area contributed by atoms with Crippen LogP contribution in [0.5, 0.6) is 0 Å². The number of nitrogens with one attached hydrogen (secondary N) is 1. The van der Waals surface area contributed by atoms with Crippen LogP contribution in [0.4, 0.5) is 0 Å². The molecule has 0 aliphatic carbocycles. The Kier molecular flexibility index (Phi) is 5.72. The zero-order chi connectivity index (χ0) is 15.2. The van der Waals surface area contributed by atoms with Gasteiger partial charge in [-0.1, -0.05) is 0 Å². The number of imidazole rings is 1. The van der Waals surface area contributed by atoms with Gasteiger partial charge in [-0.25, -0.2) is 4.98 Å². The van der Waals surface area contributed by atoms with E-state index in [1.54, 1.807) is 17.3 Å². The summed E-state index contributed by atoms with van der Waals surface area (Å²) < 4.78 is 0. The summed E-state index contributed by atoms with van der Waals surface area (Å²) in [7, 11) is 4.15. The van der Waals surface area contributed by atoms with Crippen LogP contribution in [0.15, 0.2) is 12.4 Å². The number of hydrogen-bond donors (Lipinski definition) is 2. The molecule has 2 heterocycles. The van der Waals surface area contributed by atoms with Crippen LogP contribution in [-0.4, -0.2) is 88.6 Å². The molecule has 2 N–H and O–H groups in total. The molecule has 7 heteroatoms. The molecule has 1 aromatic rings. The van der Waals surface area contributed by atoms with E-state index in [2.05, 4.69) is 33.9 Å². The van der Waals surface area contributed by atoms with Crippen molar-refractivity contribution in [2.75, 3.05) is 46.9 Å². The molecule has 0 bridgehead atoms. The second kappa shape index (κ2) is 7.53. The highest BCUT2D eigenvalue weighted by Crippen LogP contribution is 2.13. The van der Waals surface area contributed by atoms with Crippen molar-refractivity contribution in [3.63, 3.8) is 0 Å². The van der Waals surface area contributed by atoms with Crippen LogP contribution in [0, 0.1) is 0 Å². The van der Waals surface area contributed by atoms with Crippen molar-refractivity contribution in [2.24, 2.45) is 0 Å². The van der Waals surface area contributed by atoms with Gasteiger partial charge in [-0.3, -0.25) is 9.69 Å². The number of aromatic amines is 1. The summed E-state index contributed by atoms with van der Waals surface area (Å²) in [6.45, 7) is 2.99. The third kappa shape index (κ3) is 4.52. The molecule has 1 unspecified atom stereocenters. The Morgan fingerprint density at radius 3 is 2.95 bits per heavy atom. The van der Waals surface area contributed by atoms with Crippen molar-refractivity contribution < 1.29 is 9.90 Å². The number of nitrogens with zero attached hydrogens (tertiary/aromatic N) is 4. The van der Waals surface area contributed by atoms with Gasteiger partial charge in [0.15, 0.2) is 0 Å². The number of H-pyrrole nitrogens is 1. The summed E-state index contributed by atoms with van der Waals surface area (Å²) in [4.78, 5) is 25.6. The predicted molar refractivity (Wildman–Crippen MR) is 79.6 cm³/mol. The van der Waals surface area contributed by atoms with Gasteiger partial charge in [-0.05, 0) is 20.5 Å². The van der Waals surface area contributed by atoms with E-state index in [1.165, 1.54) is 0 Å². The maximum absolute atomic E-state index is 12.4. The molecule has 0 radical (unpaired) electrons. The summed E-state index contributed by atoms with van der Waals surface area (Å²) >= 11 is 0. The van der Waals surface area contributed by atoms with Crippen LogP contribution in [-0.2, 0) is 11.3 Å². The fourth-order valence-corrected chi connectivity index (χ4v) is 2.65. The van der Waals surface area contributed by atoms with Gasteiger partial charge in [-0.2, -0.15) is 0 Å². The Labute approximate surface area is 125 Å². The first-order valence-corrected chi connectivity index (χ1v) is 7.36. The van der Waals surface area contributed by atoms with E-state index < -0.39 is 0 Å². The molecule has 1 saturated heterocycles. The van der Waals surface area contributed by atoms with E-state index in [-0.39, 0.29) is 12.5 Å². The smallest absolute Gasteiger partial charge is 0.237 e. The second-order valence-corrected chi connectivity index (χ2v) is 5.72. The predicted octanol–water partition coefficient (Wildman–Crippen LogP) is -0.633. The first-order valence-electron chi connectivity index (χ1n) is 7.36. The lowest BCUT2D eigenvalue weighted by Crippen LogP contribution is -2.41. The van der Waals surface area contributed by atoms with Crippen LogP contribution in [0.1, 0.15) is 12.2 Å². The van der Waals surface area contributed by atoms with Crippen LogP contribution in [0.3, 0.4) is 0 Å². The lowest BCUT2D eigenvalue weighted by atomic mass is 10.2. The number of carbonyl (C=O) groups is 1. The molecule has 1 atom stereocenters. The van der Waals surface area contributed by atoms with E-state index >= 15 is 0 Å². The first-order chi connectivity index (χ1) is 10.1. The van der Waals surface area contributed by atoms with Crippen LogP contribution >= 0.6 is 0 Å². The van der Waals surface area contributed by atoms with Crippen LogP contribution in [0.2, 0.25) is 0 Å². The molecule has 7 nitrogen and oxygen atoms in total. The average molecular weight is 295 g/mol. The van der Waals surface area contributed by atoms with Crippen molar-refractivity contribution in [2.45, 2.75) is 19.0 Å². The number of likely N-dealkylation sites (N-methyl/N-ethyl adjacent to an activating group) is 1. The highest BCUT2D eigenvalue weighted by Gasteiger charge is 2.26. The first kappa shape index (κ1) is 15.9. The van der Waals surface area contributed by atoms with Gasteiger partial charge in [0.25, 0.3) is 0 Å². The quantitative estimate of drug-likeness (QED) is 0.700. The van der Waals surface area contributed by atoms with Gasteiger partial charge >= 0.3 is 0 Å². The minimum Gasteiger partial charge on any atom is -0.395 e. The van der Waals surface area contributed by atoms with Gasteiger partial charge in [0.05, 0.1) is 19.7 Å². The third-order valence-electron chi connectivity index (χ3n) is 3.95. The summed E-state index contributed by atoms with van der Waals surface area (Å²) in [5, 5.41) is 9.15. The van der Waals surface area contributed by atoms with E-state index in [1.807, 2.05) is 0 Å². The van der Waals surface area contributed by atoms with E-state index in [9.17, 15) is 4.79 Å². The Balaban J connectivity index is 1.87. The molecule has 21 heavy (non-hydrogen) atoms. The molecule has 2 rings (SSSR count). The molecule has 1 aliphatic heterocycles. The maximum Gasteiger partial charge on any atom is 0.237 e. The third-order valence-corrected chi connectivity index (χ3v) is 3.95. The number of amides is 1. The van der Waals surface area contributed by atoms with Gasteiger partial charge < -0.3 is 19.9 Å². The Morgan fingerprint density at radius 1 is 1.57 bits per heavy atom. The molecule has 118 valence electrons. The minimum atomic E-state index is -0.0349. The van der Waals surface area contributed by atoms with Gasteiger partial charge in [-0.15, -0.1) is 0 Å². The van der Waals surface area contributed by atoms with Gasteiger partial charge in [0, 0.05) is 38.1 Å². The molecular weight excluding hydrogens is 270 g/mol. The number of likely N-dealkylation sites (tertiary alicyclic amines) is 1. The molecule has 1 aliphatic rings. The van der Waals surface area contributed by atoms with E-state index in [0.717, 1.165) is 25.3 Å². The molecule has 1 amide bonds. The highest BCUT2D eigenvalue weighted by molar-refractivity contribution is 5.78. The summed E-state index contributed by atoms with van der Waals surface area (Å²) in [5.41, 5.74) is 0. The summed E-state index contributed by atoms with van der Waals surface area (Å²) in [5.74, 6) is 0.782. The van der Waals surface area contributed by atoms with E-state index in [0.29, 0.717) is 25.7 Å². The van der Waals surface area contributed by atoms with Crippen molar-refractivity contribution in [3.05, 3.63) is 18.2 Å². The van der Waals surface area contributed by atoms with Crippen molar-refractivity contribution in [1.29, 1.82) is 0 Å². The standard InChI is InChI=1S/C14H25N5O2/c1-17(2)12-3-6-18(9-12)11-14(21)19(7-8-20)10-13-15-4-5-16-13/h4-5,12,20H,3,6-11H2,1-2H3,(H,15,16). The molecular formula is C14H25N5O2. The Hall–Kier alpha value is -1.44. The number of rotatable bonds is 7. The zero-order valence-electron chi connectivity index (χ0n) is 12.8. The maximum atomic E-state index is 12.4. The minimum absolute atomic E-state index is 0.0349. The Morgan fingerprint density at radius 2 is 2.38 bits per heavy atom. The van der Waals surface area contributed by atoms with E-state index in [4.69, 9.17) is 5.11 Å². The molecule has 1 fully saturated rings.